The maximum atomic E-state index is 9.24. The number of pyridine rings is 1. The quantitative estimate of drug-likeness (QED) is 0.617. The summed E-state index contributed by atoms with van der Waals surface area (Å²) < 4.78 is 0. The van der Waals surface area contributed by atoms with Crippen LogP contribution in [0.15, 0.2) is 35.7 Å². The number of thioether (sulfide) groups is 1. The van der Waals surface area contributed by atoms with Gasteiger partial charge in [-0.25, -0.2) is 4.98 Å². The first-order valence-electron chi connectivity index (χ1n) is 4.59. The number of aromatic hydroxyl groups is 1. The van der Waals surface area contributed by atoms with Crippen molar-refractivity contribution in [3.63, 3.8) is 0 Å². The van der Waals surface area contributed by atoms with Crippen LogP contribution in [0.3, 0.4) is 0 Å². The third-order valence-electron chi connectivity index (χ3n) is 1.83. The van der Waals surface area contributed by atoms with Crippen LogP contribution < -0.4 is 5.73 Å². The second-order valence-electron chi connectivity index (χ2n) is 3.08. The lowest BCUT2D eigenvalue weighted by molar-refractivity contribution is 0.446. The molecule has 0 aliphatic rings. The molecule has 82 valence electrons. The minimum absolute atomic E-state index is 0.107. The first-order chi connectivity index (χ1) is 7.74. The van der Waals surface area contributed by atoms with Gasteiger partial charge in [0.2, 0.25) is 5.88 Å². The van der Waals surface area contributed by atoms with Crippen molar-refractivity contribution < 1.29 is 5.11 Å². The monoisotopic (exact) mass is 234 g/mol. The van der Waals surface area contributed by atoms with Gasteiger partial charge in [0.1, 0.15) is 5.82 Å². The van der Waals surface area contributed by atoms with Gasteiger partial charge in [0.25, 0.3) is 0 Å². The molecular formula is C10H10N4OS. The normalized spacial score (nSPS) is 10.2. The zero-order chi connectivity index (χ0) is 11.4. The number of rotatable bonds is 3. The number of nitrogens with two attached hydrogens (primary N) is 1. The Labute approximate surface area is 96.8 Å². The van der Waals surface area contributed by atoms with Gasteiger partial charge in [-0.15, -0.1) is 0 Å². The lowest BCUT2D eigenvalue weighted by Gasteiger charge is -2.01. The minimum Gasteiger partial charge on any atom is -0.493 e. The molecule has 0 amide bonds. The van der Waals surface area contributed by atoms with Crippen molar-refractivity contribution in [1.29, 1.82) is 0 Å². The fourth-order valence-corrected chi connectivity index (χ4v) is 1.94. The zero-order valence-electron chi connectivity index (χ0n) is 8.37. The van der Waals surface area contributed by atoms with E-state index in [0.717, 1.165) is 5.56 Å². The molecular weight excluding hydrogens is 224 g/mol. The van der Waals surface area contributed by atoms with Crippen molar-refractivity contribution in [2.24, 2.45) is 0 Å². The fraction of sp³-hybridized carbons (Fsp3) is 0.100. The van der Waals surface area contributed by atoms with Crippen molar-refractivity contribution >= 4 is 17.6 Å². The predicted molar refractivity (Wildman–Crippen MR) is 61.9 cm³/mol. The second kappa shape index (κ2) is 4.80. The first-order valence-corrected chi connectivity index (χ1v) is 5.58. The molecule has 0 atom stereocenters. The van der Waals surface area contributed by atoms with E-state index in [-0.39, 0.29) is 11.7 Å². The molecule has 2 heterocycles. The molecule has 0 unspecified atom stereocenters. The highest BCUT2D eigenvalue weighted by Crippen LogP contribution is 2.21. The van der Waals surface area contributed by atoms with E-state index in [1.165, 1.54) is 17.8 Å². The lowest BCUT2D eigenvalue weighted by Crippen LogP contribution is -1.94. The summed E-state index contributed by atoms with van der Waals surface area (Å²) in [6, 6.07) is 5.15. The first kappa shape index (κ1) is 10.7. The molecule has 5 nitrogen and oxygen atoms in total. The van der Waals surface area contributed by atoms with Crippen LogP contribution in [0, 0.1) is 0 Å². The van der Waals surface area contributed by atoms with E-state index >= 15 is 0 Å². The smallest absolute Gasteiger partial charge is 0.216 e. The van der Waals surface area contributed by atoms with Gasteiger partial charge in [-0.05, 0) is 17.7 Å². The molecule has 0 saturated carbocycles. The van der Waals surface area contributed by atoms with Crippen LogP contribution in [0.25, 0.3) is 0 Å². The van der Waals surface area contributed by atoms with Gasteiger partial charge < -0.3 is 10.8 Å². The highest BCUT2D eigenvalue weighted by atomic mass is 32.2. The number of nitrogen functional groups attached to an aromatic ring is 1. The van der Waals surface area contributed by atoms with Crippen LogP contribution >= 0.6 is 11.8 Å². The topological polar surface area (TPSA) is 84.9 Å². The number of anilines is 1. The molecule has 0 fully saturated rings. The van der Waals surface area contributed by atoms with Crippen LogP contribution in [0.1, 0.15) is 5.56 Å². The van der Waals surface area contributed by atoms with E-state index in [1.54, 1.807) is 12.4 Å². The molecule has 2 rings (SSSR count). The predicted octanol–water partition coefficient (Wildman–Crippen LogP) is 1.45. The summed E-state index contributed by atoms with van der Waals surface area (Å²) in [5, 5.41) is 9.70. The molecule has 0 aromatic carbocycles. The molecule has 2 aromatic heterocycles. The van der Waals surface area contributed by atoms with Gasteiger partial charge in [-0.2, -0.15) is 4.98 Å². The summed E-state index contributed by atoms with van der Waals surface area (Å²) in [5.74, 6) is 0.875. The number of hydrogen-bond donors (Lipinski definition) is 2. The van der Waals surface area contributed by atoms with Crippen LogP contribution in [-0.2, 0) is 5.75 Å². The molecule has 3 N–H and O–H groups in total. The van der Waals surface area contributed by atoms with Crippen LogP contribution in [0.5, 0.6) is 5.88 Å². The van der Waals surface area contributed by atoms with E-state index in [4.69, 9.17) is 5.73 Å². The average molecular weight is 234 g/mol. The van der Waals surface area contributed by atoms with Crippen LogP contribution in [0.2, 0.25) is 0 Å². The van der Waals surface area contributed by atoms with Crippen LogP contribution in [-0.4, -0.2) is 20.1 Å². The second-order valence-corrected chi connectivity index (χ2v) is 4.02. The Hall–Kier alpha value is -1.82. The van der Waals surface area contributed by atoms with Crippen molar-refractivity contribution in [2.75, 3.05) is 5.73 Å². The largest absolute Gasteiger partial charge is 0.493 e. The Bertz CT molecular complexity index is 457. The highest BCUT2D eigenvalue weighted by molar-refractivity contribution is 7.98. The van der Waals surface area contributed by atoms with Crippen molar-refractivity contribution in [3.8, 4) is 5.88 Å². The summed E-state index contributed by atoms with van der Waals surface area (Å²) in [7, 11) is 0. The molecule has 16 heavy (non-hydrogen) atoms. The molecule has 0 aliphatic heterocycles. The van der Waals surface area contributed by atoms with Gasteiger partial charge >= 0.3 is 0 Å². The Morgan fingerprint density at radius 3 is 2.69 bits per heavy atom. The summed E-state index contributed by atoms with van der Waals surface area (Å²) in [4.78, 5) is 11.8. The maximum Gasteiger partial charge on any atom is 0.216 e. The van der Waals surface area contributed by atoms with E-state index in [9.17, 15) is 5.11 Å². The number of nitrogens with zero attached hydrogens (tertiary/aromatic N) is 3. The standard InChI is InChI=1S/C10H10N4OS/c11-8-5-9(15)14-10(13-8)16-6-7-1-3-12-4-2-7/h1-5H,6H2,(H3,11,13,14,15). The average Bonchev–Trinajstić information content (AvgIpc) is 2.27. The van der Waals surface area contributed by atoms with Gasteiger partial charge in [-0.1, -0.05) is 11.8 Å². The van der Waals surface area contributed by atoms with Crippen molar-refractivity contribution in [3.05, 3.63) is 36.2 Å². The van der Waals surface area contributed by atoms with E-state index in [0.29, 0.717) is 10.9 Å². The Kier molecular flexibility index (Phi) is 3.21. The van der Waals surface area contributed by atoms with E-state index < -0.39 is 0 Å². The lowest BCUT2D eigenvalue weighted by atomic mass is 10.3. The SMILES string of the molecule is Nc1cc(O)nc(SCc2ccncc2)n1. The van der Waals surface area contributed by atoms with E-state index in [1.807, 2.05) is 12.1 Å². The maximum absolute atomic E-state index is 9.24. The molecule has 2 aromatic rings. The number of aromatic nitrogens is 3. The molecule has 6 heteroatoms. The molecule has 0 spiro atoms. The van der Waals surface area contributed by atoms with Crippen LogP contribution in [0.4, 0.5) is 5.82 Å². The third-order valence-corrected chi connectivity index (χ3v) is 2.75. The van der Waals surface area contributed by atoms with Gasteiger partial charge in [0, 0.05) is 24.2 Å². The molecule has 0 aliphatic carbocycles. The fourth-order valence-electron chi connectivity index (χ4n) is 1.12. The Balaban J connectivity index is 2.05. The minimum atomic E-state index is -0.107. The van der Waals surface area contributed by atoms with E-state index in [2.05, 4.69) is 15.0 Å². The molecule has 0 bridgehead atoms. The zero-order valence-corrected chi connectivity index (χ0v) is 9.18. The van der Waals surface area contributed by atoms with Gasteiger partial charge in [0.05, 0.1) is 0 Å². The Morgan fingerprint density at radius 1 is 1.25 bits per heavy atom. The third kappa shape index (κ3) is 2.83. The Morgan fingerprint density at radius 2 is 2.00 bits per heavy atom. The molecule has 0 saturated heterocycles. The van der Waals surface area contributed by atoms with Gasteiger partial charge in [-0.3, -0.25) is 4.98 Å². The highest BCUT2D eigenvalue weighted by Gasteiger charge is 2.02. The number of hydrogen-bond acceptors (Lipinski definition) is 6. The summed E-state index contributed by atoms with van der Waals surface area (Å²) in [6.45, 7) is 0. The van der Waals surface area contributed by atoms with Gasteiger partial charge in [0.15, 0.2) is 5.16 Å². The summed E-state index contributed by atoms with van der Waals surface area (Å²) >= 11 is 1.41. The molecule has 0 radical (unpaired) electrons. The summed E-state index contributed by atoms with van der Waals surface area (Å²) in [6.07, 6.45) is 3.46. The van der Waals surface area contributed by atoms with Crippen molar-refractivity contribution in [2.45, 2.75) is 10.9 Å². The van der Waals surface area contributed by atoms with Crippen molar-refractivity contribution in [1.82, 2.24) is 15.0 Å². The summed E-state index contributed by atoms with van der Waals surface area (Å²) in [5.41, 5.74) is 6.61.